The molecule has 5 N–H and O–H groups in total. The van der Waals surface area contributed by atoms with Crippen LogP contribution in [0.5, 0.6) is 5.88 Å². The summed E-state index contributed by atoms with van der Waals surface area (Å²) in [6.07, 6.45) is 5.05. The van der Waals surface area contributed by atoms with E-state index in [9.17, 15) is 19.8 Å². The van der Waals surface area contributed by atoms with Gasteiger partial charge in [-0.05, 0) is 36.6 Å². The lowest BCUT2D eigenvalue weighted by atomic mass is 10.1. The molecule has 0 aliphatic heterocycles. The zero-order valence-corrected chi connectivity index (χ0v) is 16.6. The van der Waals surface area contributed by atoms with Crippen molar-refractivity contribution in [3.8, 4) is 5.88 Å². The minimum Gasteiger partial charge on any atom is -0.493 e. The molecule has 0 radical (unpaired) electrons. The van der Waals surface area contributed by atoms with E-state index in [2.05, 4.69) is 35.3 Å². The van der Waals surface area contributed by atoms with Crippen LogP contribution in [0.15, 0.2) is 40.2 Å². The van der Waals surface area contributed by atoms with E-state index in [1.807, 2.05) is 0 Å². The number of carboxylic acids is 1. The number of hydrogen-bond donors (Lipinski definition) is 5. The summed E-state index contributed by atoms with van der Waals surface area (Å²) in [5.41, 5.74) is 1.43. The van der Waals surface area contributed by atoms with Crippen LogP contribution in [0.25, 0.3) is 11.7 Å². The first-order valence-corrected chi connectivity index (χ1v) is 9.85. The lowest BCUT2D eigenvalue weighted by Crippen LogP contribution is -2.24. The summed E-state index contributed by atoms with van der Waals surface area (Å²) >= 11 is 0. The maximum Gasteiger partial charge on any atom is 0.335 e. The minimum atomic E-state index is -1.000. The fourth-order valence-electron chi connectivity index (χ4n) is 3.15. The van der Waals surface area contributed by atoms with Crippen LogP contribution < -0.4 is 21.8 Å². The average molecular weight is 434 g/mol. The van der Waals surface area contributed by atoms with Crippen LogP contribution in [-0.4, -0.2) is 51.8 Å². The fourth-order valence-corrected chi connectivity index (χ4v) is 3.15. The summed E-state index contributed by atoms with van der Waals surface area (Å²) in [6, 6.07) is 6.76. The van der Waals surface area contributed by atoms with Crippen molar-refractivity contribution in [3.05, 3.63) is 68.6 Å². The molecule has 1 aliphatic carbocycles. The lowest BCUT2D eigenvalue weighted by molar-refractivity contribution is 0.0696. The van der Waals surface area contributed by atoms with Crippen LogP contribution >= 0.6 is 0 Å². The zero-order valence-electron chi connectivity index (χ0n) is 16.6. The Morgan fingerprint density at radius 2 is 2.16 bits per heavy atom. The predicted molar refractivity (Wildman–Crippen MR) is 112 cm³/mol. The minimum absolute atomic E-state index is 0.190. The molecule has 32 heavy (non-hydrogen) atoms. The molecule has 0 amide bonds. The number of rotatable bonds is 6. The number of fused-ring (bicyclic) bond motifs is 1. The van der Waals surface area contributed by atoms with Gasteiger partial charge in [-0.2, -0.15) is 19.6 Å². The van der Waals surface area contributed by atoms with E-state index in [4.69, 9.17) is 0 Å². The summed E-state index contributed by atoms with van der Waals surface area (Å²) in [5, 5.41) is 27.0. The van der Waals surface area contributed by atoms with Crippen molar-refractivity contribution in [1.29, 1.82) is 0 Å². The van der Waals surface area contributed by atoms with Gasteiger partial charge in [0.25, 0.3) is 5.62 Å². The molecule has 1 aromatic carbocycles. The van der Waals surface area contributed by atoms with Crippen molar-refractivity contribution < 1.29 is 15.0 Å². The fraction of sp³-hybridized carbons (Fsp3) is 0.200. The number of aromatic nitrogens is 6. The maximum absolute atomic E-state index is 11.4. The Labute approximate surface area is 179 Å². The first-order chi connectivity index (χ1) is 15.5. The van der Waals surface area contributed by atoms with E-state index in [1.165, 1.54) is 10.6 Å². The number of hydrogen-bond acceptors (Lipinski definition) is 8. The molecule has 1 aliphatic rings. The third-order valence-corrected chi connectivity index (χ3v) is 4.88. The van der Waals surface area contributed by atoms with Gasteiger partial charge >= 0.3 is 11.7 Å². The third-order valence-electron chi connectivity index (χ3n) is 4.88. The van der Waals surface area contributed by atoms with Gasteiger partial charge in [0.05, 0.1) is 17.8 Å². The van der Waals surface area contributed by atoms with Gasteiger partial charge in [0.2, 0.25) is 11.8 Å². The quantitative estimate of drug-likeness (QED) is 0.277. The molecule has 4 aromatic rings. The Morgan fingerprint density at radius 3 is 2.88 bits per heavy atom. The smallest absolute Gasteiger partial charge is 0.335 e. The number of aromatic amines is 2. The van der Waals surface area contributed by atoms with Crippen LogP contribution in [0.2, 0.25) is 0 Å². The number of carbonyl (C=O) groups is 1. The molecule has 3 heterocycles. The van der Waals surface area contributed by atoms with Gasteiger partial charge in [-0.15, -0.1) is 0 Å². The second-order valence-electron chi connectivity index (χ2n) is 7.39. The topological polar surface area (TPSA) is 174 Å². The van der Waals surface area contributed by atoms with Crippen molar-refractivity contribution in [2.24, 2.45) is 4.99 Å². The molecule has 0 spiro atoms. The molecular weight excluding hydrogens is 416 g/mol. The number of imidazole rings is 1. The molecule has 5 rings (SSSR count). The maximum atomic E-state index is 11.4. The monoisotopic (exact) mass is 434 g/mol. The number of anilines is 1. The largest absolute Gasteiger partial charge is 0.493 e. The highest BCUT2D eigenvalue weighted by Crippen LogP contribution is 2.22. The van der Waals surface area contributed by atoms with E-state index in [0.29, 0.717) is 29.0 Å². The number of H-pyrrole nitrogens is 2. The van der Waals surface area contributed by atoms with Gasteiger partial charge in [0.15, 0.2) is 5.65 Å². The molecule has 1 saturated carbocycles. The van der Waals surface area contributed by atoms with Crippen LogP contribution in [0, 0.1) is 0 Å². The van der Waals surface area contributed by atoms with Crippen molar-refractivity contribution in [2.45, 2.75) is 25.4 Å². The van der Waals surface area contributed by atoms with E-state index >= 15 is 0 Å². The molecule has 162 valence electrons. The highest BCUT2D eigenvalue weighted by molar-refractivity contribution is 5.87. The standard InChI is InChI=1S/C20H18N8O4/c29-16-14(24-20(32)26-16)7-12-9-22-28-15(12)25-18(27-19(28)23-13-4-5-13)21-8-10-2-1-3-11(6-10)17(30)31/h1-3,6-7,9,13,29H,4-5,8H2,(H,30,31)(H,21,23,27)(H2,24,26,32)/b12-7+. The van der Waals surface area contributed by atoms with Crippen molar-refractivity contribution in [3.63, 3.8) is 0 Å². The van der Waals surface area contributed by atoms with E-state index in [1.54, 1.807) is 30.5 Å². The average Bonchev–Trinajstić information content (AvgIpc) is 3.41. The Kier molecular flexibility index (Phi) is 4.66. The summed E-state index contributed by atoms with van der Waals surface area (Å²) in [6.45, 7) is 0.305. The van der Waals surface area contributed by atoms with Crippen LogP contribution in [0.1, 0.15) is 34.5 Å². The number of benzene rings is 1. The van der Waals surface area contributed by atoms with E-state index in [-0.39, 0.29) is 23.2 Å². The number of nitrogens with zero attached hydrogens (tertiary/aromatic N) is 5. The Bertz CT molecular complexity index is 1510. The van der Waals surface area contributed by atoms with Gasteiger partial charge in [0, 0.05) is 11.8 Å². The zero-order chi connectivity index (χ0) is 22.2. The van der Waals surface area contributed by atoms with Gasteiger partial charge in [-0.1, -0.05) is 12.1 Å². The second-order valence-corrected chi connectivity index (χ2v) is 7.39. The van der Waals surface area contributed by atoms with Crippen molar-refractivity contribution in [1.82, 2.24) is 29.5 Å². The number of carboxylic acid groups (broad SMARTS) is 1. The van der Waals surface area contributed by atoms with Gasteiger partial charge in [-0.3, -0.25) is 4.98 Å². The first kappa shape index (κ1) is 19.5. The molecular formula is C20H18N8O4. The Hall–Kier alpha value is -4.48. The van der Waals surface area contributed by atoms with Crippen LogP contribution in [0.4, 0.5) is 5.95 Å². The number of nitrogens with one attached hydrogen (secondary N) is 3. The van der Waals surface area contributed by atoms with Gasteiger partial charge in [0.1, 0.15) is 5.69 Å². The summed E-state index contributed by atoms with van der Waals surface area (Å²) in [5.74, 6) is -0.997. The summed E-state index contributed by atoms with van der Waals surface area (Å²) in [4.78, 5) is 41.0. The van der Waals surface area contributed by atoms with Gasteiger partial charge < -0.3 is 20.5 Å². The molecule has 3 aromatic heterocycles. The molecule has 0 bridgehead atoms. The van der Waals surface area contributed by atoms with E-state index in [0.717, 1.165) is 18.4 Å². The second kappa shape index (κ2) is 7.65. The van der Waals surface area contributed by atoms with E-state index < -0.39 is 11.7 Å². The van der Waals surface area contributed by atoms with Crippen molar-refractivity contribution >= 4 is 23.6 Å². The van der Waals surface area contributed by atoms with Gasteiger partial charge in [-0.25, -0.2) is 14.6 Å². The molecule has 0 atom stereocenters. The molecule has 12 nitrogen and oxygen atoms in total. The summed E-state index contributed by atoms with van der Waals surface area (Å²) in [7, 11) is 0. The van der Waals surface area contributed by atoms with Crippen LogP contribution in [0.3, 0.4) is 0 Å². The molecule has 0 saturated heterocycles. The predicted octanol–water partition coefficient (Wildman–Crippen LogP) is -0.233. The normalized spacial score (nSPS) is 14.9. The number of aromatic carboxylic acids is 1. The Balaban J connectivity index is 1.56. The molecule has 1 fully saturated rings. The summed E-state index contributed by atoms with van der Waals surface area (Å²) < 4.78 is 1.50. The lowest BCUT2D eigenvalue weighted by Gasteiger charge is -2.06. The Morgan fingerprint density at radius 1 is 1.31 bits per heavy atom. The SMILES string of the molecule is O=C(O)c1cccc(CNc2nc(=NC3CC3)n3nc/c(=C\c4[nH]c(=O)[nH]c4O)c3n2)c1. The molecule has 12 heteroatoms. The molecule has 0 unspecified atom stereocenters. The highest BCUT2D eigenvalue weighted by Gasteiger charge is 2.21. The highest BCUT2D eigenvalue weighted by atomic mass is 16.4. The third kappa shape index (κ3) is 3.93. The van der Waals surface area contributed by atoms with Crippen molar-refractivity contribution in [2.75, 3.05) is 5.32 Å². The van der Waals surface area contributed by atoms with Crippen LogP contribution in [-0.2, 0) is 6.54 Å². The number of aromatic hydroxyl groups is 1. The first-order valence-electron chi connectivity index (χ1n) is 9.85.